The number of furan rings is 1. The van der Waals surface area contributed by atoms with Gasteiger partial charge in [0, 0.05) is 35.8 Å². The zero-order valence-electron chi connectivity index (χ0n) is 16.7. The van der Waals surface area contributed by atoms with Gasteiger partial charge in [-0.3, -0.25) is 14.0 Å². The highest BCUT2D eigenvalue weighted by Gasteiger charge is 2.37. The Bertz CT molecular complexity index is 1350. The fourth-order valence-electron chi connectivity index (χ4n) is 3.73. The summed E-state index contributed by atoms with van der Waals surface area (Å²) in [5.74, 6) is -1.01. The second-order valence-electron chi connectivity index (χ2n) is 7.35. The molecule has 0 atom stereocenters. The van der Waals surface area contributed by atoms with Crippen LogP contribution < -0.4 is 4.90 Å². The fourth-order valence-corrected chi connectivity index (χ4v) is 4.62. The molecule has 33 heavy (non-hydrogen) atoms. The average molecular weight is 495 g/mol. The molecule has 5 heterocycles. The number of aromatic nitrogens is 2. The van der Waals surface area contributed by atoms with Crippen molar-refractivity contribution in [1.82, 2.24) is 14.3 Å². The number of hydrogen-bond donors (Lipinski definition) is 0. The van der Waals surface area contributed by atoms with E-state index in [0.29, 0.717) is 5.56 Å². The molecule has 5 rings (SSSR count). The first-order valence-corrected chi connectivity index (χ1v) is 11.0. The van der Waals surface area contributed by atoms with Crippen LogP contribution in [0.5, 0.6) is 0 Å². The Morgan fingerprint density at radius 1 is 1.21 bits per heavy atom. The molecule has 0 unspecified atom stereocenters. The topological polar surface area (TPSA) is 71.1 Å². The Morgan fingerprint density at radius 2 is 2.03 bits per heavy atom. The zero-order chi connectivity index (χ0) is 23.3. The molecule has 1 fully saturated rings. The molecule has 7 nitrogen and oxygen atoms in total. The Hall–Kier alpha value is -3.31. The van der Waals surface area contributed by atoms with Gasteiger partial charge in [-0.2, -0.15) is 24.5 Å². The van der Waals surface area contributed by atoms with E-state index < -0.39 is 23.3 Å². The van der Waals surface area contributed by atoms with E-state index in [0.717, 1.165) is 16.2 Å². The number of hydrogen-bond acceptors (Lipinski definition) is 5. The van der Waals surface area contributed by atoms with Crippen LogP contribution in [0.2, 0.25) is 5.15 Å². The quantitative estimate of drug-likeness (QED) is 0.409. The van der Waals surface area contributed by atoms with Gasteiger partial charge in [0.1, 0.15) is 11.7 Å². The number of piperazine rings is 1. The van der Waals surface area contributed by atoms with Crippen LogP contribution >= 0.6 is 22.9 Å². The molecule has 0 radical (unpaired) electrons. The molecule has 1 aliphatic rings. The average Bonchev–Trinajstić information content (AvgIpc) is 3.54. The number of fused-ring (bicyclic) bond motifs is 1. The van der Waals surface area contributed by atoms with Crippen LogP contribution in [0.4, 0.5) is 18.9 Å². The van der Waals surface area contributed by atoms with Crippen LogP contribution in [-0.4, -0.2) is 45.7 Å². The van der Waals surface area contributed by atoms with E-state index in [1.807, 2.05) is 10.8 Å². The molecule has 0 saturated carbocycles. The lowest BCUT2D eigenvalue weighted by molar-refractivity contribution is -0.136. The van der Waals surface area contributed by atoms with E-state index in [1.165, 1.54) is 41.0 Å². The maximum Gasteiger partial charge on any atom is 0.420 e. The standard InChI is InChI=1S/C21H14ClF3N4O3S/c22-18-17(20(31)27-3-4-28(16(30)9-27)14-2-6-33-11-14)26-19-15(21(23,24)25)7-13(8-29(18)19)12-1-5-32-10-12/h1-2,5-8,10-11H,3-4,9H2. The van der Waals surface area contributed by atoms with Crippen molar-refractivity contribution in [2.24, 2.45) is 0 Å². The van der Waals surface area contributed by atoms with E-state index in [2.05, 4.69) is 4.98 Å². The monoisotopic (exact) mass is 494 g/mol. The van der Waals surface area contributed by atoms with Crippen LogP contribution in [0.3, 0.4) is 0 Å². The highest BCUT2D eigenvalue weighted by atomic mass is 35.5. The summed E-state index contributed by atoms with van der Waals surface area (Å²) in [7, 11) is 0. The molecule has 0 bridgehead atoms. The molecule has 0 aliphatic carbocycles. The maximum absolute atomic E-state index is 13.8. The summed E-state index contributed by atoms with van der Waals surface area (Å²) in [5, 5.41) is 3.40. The van der Waals surface area contributed by atoms with Crippen LogP contribution in [0, 0.1) is 0 Å². The van der Waals surface area contributed by atoms with Gasteiger partial charge in [0.15, 0.2) is 11.3 Å². The predicted octanol–water partition coefficient (Wildman–Crippen LogP) is 4.82. The van der Waals surface area contributed by atoms with Gasteiger partial charge >= 0.3 is 6.18 Å². The lowest BCUT2D eigenvalue weighted by Gasteiger charge is -2.33. The maximum atomic E-state index is 13.8. The molecular formula is C21H14ClF3N4O3S. The van der Waals surface area contributed by atoms with Gasteiger partial charge in [-0.15, -0.1) is 0 Å². The Balaban J connectivity index is 1.52. The third kappa shape index (κ3) is 3.76. The highest BCUT2D eigenvalue weighted by molar-refractivity contribution is 7.08. The number of pyridine rings is 1. The number of alkyl halides is 3. The number of amides is 2. The number of carbonyl (C=O) groups is 2. The molecule has 4 aromatic heterocycles. The van der Waals surface area contributed by atoms with Crippen LogP contribution in [0.1, 0.15) is 16.1 Å². The van der Waals surface area contributed by atoms with Crippen molar-refractivity contribution in [3.63, 3.8) is 0 Å². The second-order valence-corrected chi connectivity index (χ2v) is 8.49. The van der Waals surface area contributed by atoms with Gasteiger partial charge in [-0.05, 0) is 23.6 Å². The third-order valence-electron chi connectivity index (χ3n) is 5.35. The van der Waals surface area contributed by atoms with E-state index in [1.54, 1.807) is 11.0 Å². The van der Waals surface area contributed by atoms with Crippen molar-refractivity contribution >= 4 is 46.1 Å². The molecule has 170 valence electrons. The largest absolute Gasteiger partial charge is 0.472 e. The summed E-state index contributed by atoms with van der Waals surface area (Å²) in [6.45, 7) is 0.215. The first kappa shape index (κ1) is 21.5. The molecule has 12 heteroatoms. The van der Waals surface area contributed by atoms with E-state index in [4.69, 9.17) is 16.0 Å². The number of thiophene rings is 1. The molecular weight excluding hydrogens is 481 g/mol. The smallest absolute Gasteiger partial charge is 0.420 e. The number of anilines is 1. The van der Waals surface area contributed by atoms with Gasteiger partial charge in [0.2, 0.25) is 5.91 Å². The van der Waals surface area contributed by atoms with Gasteiger partial charge < -0.3 is 14.2 Å². The van der Waals surface area contributed by atoms with E-state index in [-0.39, 0.29) is 42.0 Å². The van der Waals surface area contributed by atoms with Crippen molar-refractivity contribution in [2.75, 3.05) is 24.5 Å². The molecule has 0 N–H and O–H groups in total. The summed E-state index contributed by atoms with van der Waals surface area (Å²) in [6.07, 6.45) is -0.736. The molecule has 4 aromatic rings. The SMILES string of the molecule is O=C(c1nc2c(C(F)(F)F)cc(-c3ccoc3)cn2c1Cl)N1CCN(c2ccsc2)C(=O)C1. The third-order valence-corrected chi connectivity index (χ3v) is 6.38. The minimum Gasteiger partial charge on any atom is -0.472 e. The molecule has 1 saturated heterocycles. The van der Waals surface area contributed by atoms with E-state index >= 15 is 0 Å². The zero-order valence-corrected chi connectivity index (χ0v) is 18.2. The number of imidazole rings is 1. The van der Waals surface area contributed by atoms with Crippen LogP contribution in [0.15, 0.2) is 52.1 Å². The van der Waals surface area contributed by atoms with Crippen molar-refractivity contribution in [1.29, 1.82) is 0 Å². The van der Waals surface area contributed by atoms with Crippen molar-refractivity contribution in [3.05, 3.63) is 64.1 Å². The van der Waals surface area contributed by atoms with Gasteiger partial charge in [-0.1, -0.05) is 11.6 Å². The van der Waals surface area contributed by atoms with Crippen LogP contribution in [-0.2, 0) is 11.0 Å². The van der Waals surface area contributed by atoms with E-state index in [9.17, 15) is 22.8 Å². The van der Waals surface area contributed by atoms with Crippen LogP contribution in [0.25, 0.3) is 16.8 Å². The summed E-state index contributed by atoms with van der Waals surface area (Å²) < 4.78 is 47.4. The molecule has 0 spiro atoms. The Morgan fingerprint density at radius 3 is 2.67 bits per heavy atom. The number of rotatable bonds is 3. The first-order valence-electron chi connectivity index (χ1n) is 9.67. The molecule has 1 aliphatic heterocycles. The Labute approximate surface area is 193 Å². The summed E-state index contributed by atoms with van der Waals surface area (Å²) in [6, 6.07) is 4.24. The van der Waals surface area contributed by atoms with Gasteiger partial charge in [0.05, 0.1) is 23.8 Å². The summed E-state index contributed by atoms with van der Waals surface area (Å²) >= 11 is 7.79. The predicted molar refractivity (Wildman–Crippen MR) is 115 cm³/mol. The minimum atomic E-state index is -4.74. The highest BCUT2D eigenvalue weighted by Crippen LogP contribution is 2.37. The van der Waals surface area contributed by atoms with Gasteiger partial charge in [-0.25, -0.2) is 4.98 Å². The summed E-state index contributed by atoms with van der Waals surface area (Å²) in [5.41, 5.74) is -0.531. The fraction of sp³-hybridized carbons (Fsp3) is 0.190. The lowest BCUT2D eigenvalue weighted by atomic mass is 10.1. The lowest BCUT2D eigenvalue weighted by Crippen LogP contribution is -2.52. The summed E-state index contributed by atoms with van der Waals surface area (Å²) in [4.78, 5) is 32.4. The molecule has 0 aromatic carbocycles. The Kier molecular flexibility index (Phi) is 5.17. The van der Waals surface area contributed by atoms with Crippen molar-refractivity contribution < 1.29 is 27.2 Å². The van der Waals surface area contributed by atoms with Crippen molar-refractivity contribution in [3.8, 4) is 11.1 Å². The number of halogens is 4. The molecule has 2 amide bonds. The first-order chi connectivity index (χ1) is 15.7. The van der Waals surface area contributed by atoms with Gasteiger partial charge in [0.25, 0.3) is 5.91 Å². The number of nitrogens with zero attached hydrogens (tertiary/aromatic N) is 4. The minimum absolute atomic E-state index is 0.191. The number of carbonyl (C=O) groups excluding carboxylic acids is 2. The second kappa shape index (κ2) is 7.92. The normalized spacial score (nSPS) is 15.0. The van der Waals surface area contributed by atoms with Crippen molar-refractivity contribution in [2.45, 2.75) is 6.18 Å².